The summed E-state index contributed by atoms with van der Waals surface area (Å²) in [5.41, 5.74) is 3.12. The summed E-state index contributed by atoms with van der Waals surface area (Å²) in [5, 5.41) is 21.8. The van der Waals surface area contributed by atoms with Crippen molar-refractivity contribution < 1.29 is 15.0 Å². The molecule has 0 spiro atoms. The van der Waals surface area contributed by atoms with E-state index in [0.717, 1.165) is 5.56 Å². The number of anilines is 1. The van der Waals surface area contributed by atoms with Crippen molar-refractivity contribution in [2.75, 3.05) is 5.32 Å². The fourth-order valence-corrected chi connectivity index (χ4v) is 2.08. The summed E-state index contributed by atoms with van der Waals surface area (Å²) >= 11 is 0. The maximum Gasteiger partial charge on any atom is 0.259 e. The van der Waals surface area contributed by atoms with Crippen molar-refractivity contribution in [3.05, 3.63) is 58.7 Å². The van der Waals surface area contributed by atoms with E-state index in [9.17, 15) is 9.90 Å². The second-order valence-corrected chi connectivity index (χ2v) is 4.79. The zero-order chi connectivity index (χ0) is 14.7. The Bertz CT molecular complexity index is 650. The van der Waals surface area contributed by atoms with Gasteiger partial charge in [0.25, 0.3) is 5.91 Å². The topological polar surface area (TPSA) is 69.6 Å². The van der Waals surface area contributed by atoms with Crippen molar-refractivity contribution in [2.45, 2.75) is 20.5 Å². The number of benzene rings is 2. The average Bonchev–Trinajstić information content (AvgIpc) is 2.43. The molecule has 2 rings (SSSR count). The number of carbonyl (C=O) groups excluding carboxylic acids is 1. The highest BCUT2D eigenvalue weighted by Crippen LogP contribution is 2.24. The number of hydrogen-bond acceptors (Lipinski definition) is 3. The molecule has 0 aromatic heterocycles. The predicted molar refractivity (Wildman–Crippen MR) is 77.9 cm³/mol. The standard InChI is InChI=1S/C16H17NO3/c1-10-6-11(2)15(19)14(7-10)16(20)17-13-5-3-4-12(8-13)9-18/h3-8,18-19H,9H2,1-2H3,(H,17,20). The summed E-state index contributed by atoms with van der Waals surface area (Å²) in [6.07, 6.45) is 0. The number of amides is 1. The van der Waals surface area contributed by atoms with Crippen molar-refractivity contribution >= 4 is 11.6 Å². The van der Waals surface area contributed by atoms with Gasteiger partial charge in [-0.25, -0.2) is 0 Å². The predicted octanol–water partition coefficient (Wildman–Crippen LogP) is 2.75. The van der Waals surface area contributed by atoms with E-state index in [1.54, 1.807) is 37.3 Å². The molecule has 0 bridgehead atoms. The van der Waals surface area contributed by atoms with Crippen LogP contribution in [0.2, 0.25) is 0 Å². The Kier molecular flexibility index (Phi) is 4.05. The van der Waals surface area contributed by atoms with Crippen molar-refractivity contribution in [3.63, 3.8) is 0 Å². The van der Waals surface area contributed by atoms with Gasteiger partial charge in [0.1, 0.15) is 5.75 Å². The van der Waals surface area contributed by atoms with Crippen LogP contribution in [0.4, 0.5) is 5.69 Å². The van der Waals surface area contributed by atoms with Crippen molar-refractivity contribution in [1.29, 1.82) is 0 Å². The highest BCUT2D eigenvalue weighted by molar-refractivity contribution is 6.06. The molecule has 0 saturated heterocycles. The van der Waals surface area contributed by atoms with Crippen molar-refractivity contribution in [2.24, 2.45) is 0 Å². The van der Waals surface area contributed by atoms with Gasteiger partial charge in [0, 0.05) is 5.69 Å². The number of hydrogen-bond donors (Lipinski definition) is 3. The van der Waals surface area contributed by atoms with Gasteiger partial charge < -0.3 is 15.5 Å². The monoisotopic (exact) mass is 271 g/mol. The third-order valence-corrected chi connectivity index (χ3v) is 3.06. The molecule has 0 aliphatic heterocycles. The van der Waals surface area contributed by atoms with Crippen molar-refractivity contribution in [1.82, 2.24) is 0 Å². The first-order valence-electron chi connectivity index (χ1n) is 6.32. The average molecular weight is 271 g/mol. The second-order valence-electron chi connectivity index (χ2n) is 4.79. The molecule has 0 fully saturated rings. The fourth-order valence-electron chi connectivity index (χ4n) is 2.08. The van der Waals surface area contributed by atoms with E-state index in [2.05, 4.69) is 5.32 Å². The normalized spacial score (nSPS) is 10.3. The van der Waals surface area contributed by atoms with Crippen LogP contribution in [-0.2, 0) is 6.61 Å². The van der Waals surface area contributed by atoms with Crippen molar-refractivity contribution in [3.8, 4) is 5.75 Å². The van der Waals surface area contributed by atoms with Gasteiger partial charge in [-0.05, 0) is 48.7 Å². The van der Waals surface area contributed by atoms with Crippen LogP contribution in [0.15, 0.2) is 36.4 Å². The van der Waals surface area contributed by atoms with Gasteiger partial charge in [0.2, 0.25) is 0 Å². The number of phenolic OH excluding ortho intramolecular Hbond substituents is 1. The summed E-state index contributed by atoms with van der Waals surface area (Å²) in [4.78, 5) is 12.2. The molecule has 4 nitrogen and oxygen atoms in total. The van der Waals surface area contributed by atoms with Crippen LogP contribution < -0.4 is 5.32 Å². The van der Waals surface area contributed by atoms with Gasteiger partial charge in [-0.15, -0.1) is 0 Å². The van der Waals surface area contributed by atoms with E-state index in [1.165, 1.54) is 0 Å². The molecule has 0 aliphatic rings. The molecule has 0 saturated carbocycles. The lowest BCUT2D eigenvalue weighted by atomic mass is 10.0. The van der Waals surface area contributed by atoms with Gasteiger partial charge in [-0.3, -0.25) is 4.79 Å². The van der Waals surface area contributed by atoms with Gasteiger partial charge in [0.05, 0.1) is 12.2 Å². The maximum absolute atomic E-state index is 12.2. The summed E-state index contributed by atoms with van der Waals surface area (Å²) in [6.45, 7) is 3.54. The van der Waals surface area contributed by atoms with E-state index in [-0.39, 0.29) is 23.8 Å². The molecule has 104 valence electrons. The SMILES string of the molecule is Cc1cc(C)c(O)c(C(=O)Nc2cccc(CO)c2)c1. The Hall–Kier alpha value is -2.33. The van der Waals surface area contributed by atoms with Crippen LogP contribution in [0.1, 0.15) is 27.0 Å². The van der Waals surface area contributed by atoms with Crippen LogP contribution >= 0.6 is 0 Å². The molecule has 0 aliphatic carbocycles. The third kappa shape index (κ3) is 2.97. The minimum atomic E-state index is -0.371. The fraction of sp³-hybridized carbons (Fsp3) is 0.188. The van der Waals surface area contributed by atoms with Gasteiger partial charge in [-0.2, -0.15) is 0 Å². The van der Waals surface area contributed by atoms with Gasteiger partial charge >= 0.3 is 0 Å². The minimum absolute atomic E-state index is 0.00795. The molecular weight excluding hydrogens is 254 g/mol. The molecular formula is C16H17NO3. The Balaban J connectivity index is 2.28. The number of aromatic hydroxyl groups is 1. The Morgan fingerprint density at radius 1 is 1.20 bits per heavy atom. The molecule has 0 radical (unpaired) electrons. The highest BCUT2D eigenvalue weighted by atomic mass is 16.3. The van der Waals surface area contributed by atoms with Crippen LogP contribution in [0, 0.1) is 13.8 Å². The summed E-state index contributed by atoms with van der Waals surface area (Å²) in [7, 11) is 0. The zero-order valence-corrected chi connectivity index (χ0v) is 11.5. The Morgan fingerprint density at radius 3 is 2.65 bits per heavy atom. The molecule has 4 heteroatoms. The Morgan fingerprint density at radius 2 is 1.95 bits per heavy atom. The summed E-state index contributed by atoms with van der Waals surface area (Å²) in [6, 6.07) is 10.4. The van der Waals surface area contributed by atoms with Gasteiger partial charge in [-0.1, -0.05) is 18.2 Å². The largest absolute Gasteiger partial charge is 0.507 e. The molecule has 20 heavy (non-hydrogen) atoms. The molecule has 1 amide bonds. The number of rotatable bonds is 3. The number of carbonyl (C=O) groups is 1. The van der Waals surface area contributed by atoms with Crippen LogP contribution in [0.3, 0.4) is 0 Å². The molecule has 0 atom stereocenters. The third-order valence-electron chi connectivity index (χ3n) is 3.06. The van der Waals surface area contributed by atoms with Gasteiger partial charge in [0.15, 0.2) is 0 Å². The minimum Gasteiger partial charge on any atom is -0.507 e. The molecule has 2 aromatic rings. The van der Waals surface area contributed by atoms with E-state index < -0.39 is 0 Å². The maximum atomic E-state index is 12.2. The summed E-state index contributed by atoms with van der Waals surface area (Å²) < 4.78 is 0. The van der Waals surface area contributed by atoms with E-state index in [4.69, 9.17) is 5.11 Å². The first-order chi connectivity index (χ1) is 9.51. The number of nitrogens with one attached hydrogen (secondary N) is 1. The van der Waals surface area contributed by atoms with E-state index >= 15 is 0 Å². The van der Waals surface area contributed by atoms with Crippen LogP contribution in [0.25, 0.3) is 0 Å². The lowest BCUT2D eigenvalue weighted by Gasteiger charge is -2.10. The lowest BCUT2D eigenvalue weighted by molar-refractivity contribution is 0.102. The number of aliphatic hydroxyl groups excluding tert-OH is 1. The van der Waals surface area contributed by atoms with Crippen LogP contribution in [-0.4, -0.2) is 16.1 Å². The molecule has 0 heterocycles. The first kappa shape index (κ1) is 14.1. The zero-order valence-electron chi connectivity index (χ0n) is 11.5. The molecule has 3 N–H and O–H groups in total. The number of aliphatic hydroxyl groups is 1. The van der Waals surface area contributed by atoms with E-state index in [1.807, 2.05) is 13.0 Å². The highest BCUT2D eigenvalue weighted by Gasteiger charge is 2.14. The second kappa shape index (κ2) is 5.75. The Labute approximate surface area is 117 Å². The quantitative estimate of drug-likeness (QED) is 0.804. The lowest BCUT2D eigenvalue weighted by Crippen LogP contribution is -2.13. The molecule has 2 aromatic carbocycles. The summed E-state index contributed by atoms with van der Waals surface area (Å²) in [5.74, 6) is -0.379. The number of aryl methyl sites for hydroxylation is 2. The first-order valence-corrected chi connectivity index (χ1v) is 6.32. The smallest absolute Gasteiger partial charge is 0.259 e. The van der Waals surface area contributed by atoms with E-state index in [0.29, 0.717) is 16.8 Å². The number of phenols is 1. The molecule has 0 unspecified atom stereocenters. The van der Waals surface area contributed by atoms with Crippen LogP contribution in [0.5, 0.6) is 5.75 Å².